The highest BCUT2D eigenvalue weighted by Crippen LogP contribution is 2.16. The molecule has 1 atom stereocenters. The predicted molar refractivity (Wildman–Crippen MR) is 50.6 cm³/mol. The van der Waals surface area contributed by atoms with Crippen LogP contribution in [0.1, 0.15) is 18.1 Å². The Morgan fingerprint density at radius 2 is 2.33 bits per heavy atom. The largest absolute Gasteiger partial charge is 0.388 e. The zero-order valence-corrected chi connectivity index (χ0v) is 8.16. The van der Waals surface area contributed by atoms with Crippen molar-refractivity contribution in [1.29, 1.82) is 0 Å². The van der Waals surface area contributed by atoms with Gasteiger partial charge in [0, 0.05) is 6.20 Å². The standard InChI is InChI=1S/C8H11BrN2O/c9-8-2-1-6(5-11-8)7(12)3-4-10/h1-2,5,7,12H,3-4,10H2/t7-/m1/s1. The van der Waals surface area contributed by atoms with E-state index >= 15 is 0 Å². The first-order chi connectivity index (χ1) is 5.74. The van der Waals surface area contributed by atoms with Crippen molar-refractivity contribution in [3.8, 4) is 0 Å². The second-order valence-electron chi connectivity index (χ2n) is 2.51. The molecule has 0 amide bonds. The molecule has 0 spiro atoms. The van der Waals surface area contributed by atoms with E-state index in [4.69, 9.17) is 5.73 Å². The molecule has 4 heteroatoms. The Morgan fingerprint density at radius 1 is 1.58 bits per heavy atom. The summed E-state index contributed by atoms with van der Waals surface area (Å²) in [7, 11) is 0. The molecule has 0 aliphatic rings. The number of aromatic nitrogens is 1. The normalized spacial score (nSPS) is 12.9. The van der Waals surface area contributed by atoms with Crippen LogP contribution < -0.4 is 5.73 Å². The van der Waals surface area contributed by atoms with Crippen LogP contribution in [-0.2, 0) is 0 Å². The Labute approximate surface area is 79.7 Å². The van der Waals surface area contributed by atoms with Crippen LogP contribution in [0, 0.1) is 0 Å². The number of nitrogens with two attached hydrogens (primary N) is 1. The van der Waals surface area contributed by atoms with Crippen molar-refractivity contribution in [3.05, 3.63) is 28.5 Å². The van der Waals surface area contributed by atoms with E-state index in [1.807, 2.05) is 6.07 Å². The summed E-state index contributed by atoms with van der Waals surface area (Å²) in [6.45, 7) is 0.483. The molecule has 3 nitrogen and oxygen atoms in total. The zero-order chi connectivity index (χ0) is 8.97. The summed E-state index contributed by atoms with van der Waals surface area (Å²) in [5.41, 5.74) is 6.12. The van der Waals surface area contributed by atoms with Gasteiger partial charge in [-0.25, -0.2) is 4.98 Å². The van der Waals surface area contributed by atoms with Gasteiger partial charge in [0.2, 0.25) is 0 Å². The summed E-state index contributed by atoms with van der Waals surface area (Å²) >= 11 is 3.22. The van der Waals surface area contributed by atoms with E-state index in [0.29, 0.717) is 13.0 Å². The van der Waals surface area contributed by atoms with Crippen molar-refractivity contribution >= 4 is 15.9 Å². The fourth-order valence-corrected chi connectivity index (χ4v) is 1.14. The number of hydrogen-bond donors (Lipinski definition) is 2. The Bertz CT molecular complexity index is 237. The van der Waals surface area contributed by atoms with Crippen LogP contribution in [-0.4, -0.2) is 16.6 Å². The minimum atomic E-state index is -0.490. The number of hydrogen-bond acceptors (Lipinski definition) is 3. The first-order valence-corrected chi connectivity index (χ1v) is 4.53. The van der Waals surface area contributed by atoms with Crippen LogP contribution in [0.15, 0.2) is 22.9 Å². The van der Waals surface area contributed by atoms with E-state index in [1.54, 1.807) is 12.3 Å². The molecule has 0 radical (unpaired) electrons. The molecule has 1 heterocycles. The van der Waals surface area contributed by atoms with Crippen LogP contribution in [0.5, 0.6) is 0 Å². The Balaban J connectivity index is 2.68. The molecule has 0 bridgehead atoms. The quantitative estimate of drug-likeness (QED) is 0.769. The summed E-state index contributed by atoms with van der Waals surface area (Å²) in [5.74, 6) is 0. The van der Waals surface area contributed by atoms with Gasteiger partial charge in [0.1, 0.15) is 4.60 Å². The van der Waals surface area contributed by atoms with Crippen LogP contribution in [0.3, 0.4) is 0 Å². The SMILES string of the molecule is NCC[C@@H](O)c1ccc(Br)nc1. The number of halogens is 1. The molecule has 0 saturated heterocycles. The molecule has 0 aliphatic carbocycles. The lowest BCUT2D eigenvalue weighted by atomic mass is 10.1. The van der Waals surface area contributed by atoms with Gasteiger partial charge < -0.3 is 10.8 Å². The second-order valence-corrected chi connectivity index (χ2v) is 3.32. The van der Waals surface area contributed by atoms with Crippen molar-refractivity contribution < 1.29 is 5.11 Å². The van der Waals surface area contributed by atoms with Crippen molar-refractivity contribution in [1.82, 2.24) is 4.98 Å². The second kappa shape index (κ2) is 4.54. The molecule has 12 heavy (non-hydrogen) atoms. The maximum atomic E-state index is 9.48. The molecule has 3 N–H and O–H groups in total. The van der Waals surface area contributed by atoms with Gasteiger partial charge in [-0.3, -0.25) is 0 Å². The van der Waals surface area contributed by atoms with Gasteiger partial charge in [-0.15, -0.1) is 0 Å². The lowest BCUT2D eigenvalue weighted by Gasteiger charge is -2.07. The first-order valence-electron chi connectivity index (χ1n) is 3.73. The highest BCUT2D eigenvalue weighted by molar-refractivity contribution is 9.10. The third kappa shape index (κ3) is 2.55. The van der Waals surface area contributed by atoms with Gasteiger partial charge in [-0.2, -0.15) is 0 Å². The Morgan fingerprint density at radius 3 is 2.83 bits per heavy atom. The molecule has 0 saturated carbocycles. The fourth-order valence-electron chi connectivity index (χ4n) is 0.909. The number of aliphatic hydroxyl groups is 1. The van der Waals surface area contributed by atoms with E-state index < -0.39 is 6.10 Å². The minimum Gasteiger partial charge on any atom is -0.388 e. The van der Waals surface area contributed by atoms with E-state index in [9.17, 15) is 5.11 Å². The van der Waals surface area contributed by atoms with E-state index in [0.717, 1.165) is 10.2 Å². The Kier molecular flexibility index (Phi) is 3.65. The number of aliphatic hydroxyl groups excluding tert-OH is 1. The first kappa shape index (κ1) is 9.64. The smallest absolute Gasteiger partial charge is 0.106 e. The molecule has 0 unspecified atom stereocenters. The monoisotopic (exact) mass is 230 g/mol. The average Bonchev–Trinajstić information content (AvgIpc) is 2.06. The maximum absolute atomic E-state index is 9.48. The number of rotatable bonds is 3. The molecule has 0 fully saturated rings. The average molecular weight is 231 g/mol. The summed E-state index contributed by atoms with van der Waals surface area (Å²) in [6.07, 6.45) is 1.73. The number of pyridine rings is 1. The van der Waals surface area contributed by atoms with E-state index in [1.165, 1.54) is 0 Å². The minimum absolute atomic E-state index is 0.483. The van der Waals surface area contributed by atoms with Crippen LogP contribution in [0.2, 0.25) is 0 Å². The molecular formula is C8H11BrN2O. The lowest BCUT2D eigenvalue weighted by molar-refractivity contribution is 0.170. The van der Waals surface area contributed by atoms with Gasteiger partial charge in [0.15, 0.2) is 0 Å². The van der Waals surface area contributed by atoms with Crippen molar-refractivity contribution in [2.75, 3.05) is 6.54 Å². The third-order valence-corrected chi connectivity index (χ3v) is 2.04. The number of nitrogens with zero attached hydrogens (tertiary/aromatic N) is 1. The molecule has 66 valence electrons. The third-order valence-electron chi connectivity index (χ3n) is 1.58. The van der Waals surface area contributed by atoms with Crippen molar-refractivity contribution in [3.63, 3.8) is 0 Å². The van der Waals surface area contributed by atoms with Crippen LogP contribution in [0.4, 0.5) is 0 Å². The molecule has 1 aromatic rings. The predicted octanol–water partition coefficient (Wildman–Crippen LogP) is 1.23. The highest BCUT2D eigenvalue weighted by atomic mass is 79.9. The zero-order valence-electron chi connectivity index (χ0n) is 6.57. The van der Waals surface area contributed by atoms with Crippen LogP contribution >= 0.6 is 15.9 Å². The summed E-state index contributed by atoms with van der Waals surface area (Å²) in [6, 6.07) is 3.63. The molecule has 0 aromatic carbocycles. The molecule has 0 aliphatic heterocycles. The van der Waals surface area contributed by atoms with Gasteiger partial charge in [-0.05, 0) is 40.5 Å². The summed E-state index contributed by atoms with van der Waals surface area (Å²) in [5, 5.41) is 9.48. The fraction of sp³-hybridized carbons (Fsp3) is 0.375. The Hall–Kier alpha value is -0.450. The van der Waals surface area contributed by atoms with Crippen LogP contribution in [0.25, 0.3) is 0 Å². The topological polar surface area (TPSA) is 59.1 Å². The van der Waals surface area contributed by atoms with Gasteiger partial charge in [-0.1, -0.05) is 6.07 Å². The molecule has 1 rings (SSSR count). The van der Waals surface area contributed by atoms with E-state index in [2.05, 4.69) is 20.9 Å². The van der Waals surface area contributed by atoms with Gasteiger partial charge in [0.25, 0.3) is 0 Å². The van der Waals surface area contributed by atoms with Crippen molar-refractivity contribution in [2.24, 2.45) is 5.73 Å². The van der Waals surface area contributed by atoms with Crippen molar-refractivity contribution in [2.45, 2.75) is 12.5 Å². The molecular weight excluding hydrogens is 220 g/mol. The molecule has 1 aromatic heterocycles. The van der Waals surface area contributed by atoms with Gasteiger partial charge in [0.05, 0.1) is 6.10 Å². The highest BCUT2D eigenvalue weighted by Gasteiger charge is 2.05. The lowest BCUT2D eigenvalue weighted by Crippen LogP contribution is -2.06. The summed E-state index contributed by atoms with van der Waals surface area (Å²) in [4.78, 5) is 4.00. The summed E-state index contributed by atoms with van der Waals surface area (Å²) < 4.78 is 0.770. The van der Waals surface area contributed by atoms with E-state index in [-0.39, 0.29) is 0 Å². The van der Waals surface area contributed by atoms with Gasteiger partial charge >= 0.3 is 0 Å². The maximum Gasteiger partial charge on any atom is 0.106 e.